The van der Waals surface area contributed by atoms with Gasteiger partial charge in [0.1, 0.15) is 0 Å². The predicted molar refractivity (Wildman–Crippen MR) is 97.0 cm³/mol. The quantitative estimate of drug-likeness (QED) is 0.614. The molecule has 5 heteroatoms. The fourth-order valence-corrected chi connectivity index (χ4v) is 3.83. The van der Waals surface area contributed by atoms with Gasteiger partial charge in [0, 0.05) is 18.9 Å². The molecule has 0 atom stereocenters. The molecule has 0 spiro atoms. The standard InChI is InChI=1S/C17H16N2OS2/c1-11-6-4-7-12(2)15(11)19-16(20)14(22-17(19)21)10-13-8-5-9-18(13)3/h4-10H,1-3H3/b14-10+. The highest BCUT2D eigenvalue weighted by atomic mass is 32.2. The van der Waals surface area contributed by atoms with Crippen molar-refractivity contribution in [2.75, 3.05) is 4.90 Å². The molecule has 0 saturated carbocycles. The Morgan fingerprint density at radius 3 is 2.41 bits per heavy atom. The zero-order valence-electron chi connectivity index (χ0n) is 12.7. The molecule has 1 amide bonds. The van der Waals surface area contributed by atoms with Crippen LogP contribution < -0.4 is 4.90 Å². The maximum absolute atomic E-state index is 12.8. The third kappa shape index (κ3) is 2.51. The number of amides is 1. The normalized spacial score (nSPS) is 16.9. The molecule has 2 heterocycles. The van der Waals surface area contributed by atoms with Crippen molar-refractivity contribution in [3.8, 4) is 0 Å². The molecule has 2 aromatic rings. The zero-order valence-corrected chi connectivity index (χ0v) is 14.3. The van der Waals surface area contributed by atoms with Crippen molar-refractivity contribution in [2.45, 2.75) is 13.8 Å². The van der Waals surface area contributed by atoms with E-state index in [1.807, 2.05) is 68.1 Å². The molecule has 0 radical (unpaired) electrons. The first-order valence-corrected chi connectivity index (χ1v) is 8.17. The van der Waals surface area contributed by atoms with E-state index >= 15 is 0 Å². The fourth-order valence-electron chi connectivity index (χ4n) is 2.58. The lowest BCUT2D eigenvalue weighted by molar-refractivity contribution is -0.113. The number of para-hydroxylation sites is 1. The largest absolute Gasteiger partial charge is 0.351 e. The molecule has 3 nitrogen and oxygen atoms in total. The lowest BCUT2D eigenvalue weighted by Gasteiger charge is -2.19. The summed E-state index contributed by atoms with van der Waals surface area (Å²) in [4.78, 5) is 15.1. The van der Waals surface area contributed by atoms with Gasteiger partial charge in [-0.05, 0) is 43.2 Å². The summed E-state index contributed by atoms with van der Waals surface area (Å²) in [7, 11) is 1.96. The van der Waals surface area contributed by atoms with E-state index in [4.69, 9.17) is 12.2 Å². The molecular formula is C17H16N2OS2. The highest BCUT2D eigenvalue weighted by Crippen LogP contribution is 2.38. The molecule has 1 aromatic heterocycles. The maximum Gasteiger partial charge on any atom is 0.270 e. The minimum atomic E-state index is -0.0476. The van der Waals surface area contributed by atoms with Gasteiger partial charge in [-0.3, -0.25) is 9.69 Å². The molecule has 0 aliphatic carbocycles. The maximum atomic E-state index is 12.8. The number of hydrogen-bond donors (Lipinski definition) is 0. The molecule has 0 bridgehead atoms. The first-order chi connectivity index (χ1) is 10.5. The van der Waals surface area contributed by atoms with Gasteiger partial charge in [0.2, 0.25) is 0 Å². The molecular weight excluding hydrogens is 312 g/mol. The average molecular weight is 328 g/mol. The van der Waals surface area contributed by atoms with E-state index < -0.39 is 0 Å². The third-order valence-electron chi connectivity index (χ3n) is 3.72. The predicted octanol–water partition coefficient (Wildman–Crippen LogP) is 4.05. The van der Waals surface area contributed by atoms with Crippen molar-refractivity contribution in [1.82, 2.24) is 4.57 Å². The molecule has 112 valence electrons. The summed E-state index contributed by atoms with van der Waals surface area (Å²) in [6, 6.07) is 9.93. The Morgan fingerprint density at radius 1 is 1.14 bits per heavy atom. The monoisotopic (exact) mass is 328 g/mol. The van der Waals surface area contributed by atoms with E-state index in [0.717, 1.165) is 22.5 Å². The van der Waals surface area contributed by atoms with Crippen LogP contribution in [0.3, 0.4) is 0 Å². The summed E-state index contributed by atoms with van der Waals surface area (Å²) in [5.74, 6) is -0.0476. The molecule has 1 saturated heterocycles. The molecule has 3 rings (SSSR count). The Kier molecular flexibility index (Phi) is 3.93. The second-order valence-corrected chi connectivity index (χ2v) is 6.98. The average Bonchev–Trinajstić information content (AvgIpc) is 2.97. The number of aryl methyl sites for hydroxylation is 3. The van der Waals surface area contributed by atoms with Gasteiger partial charge < -0.3 is 4.57 Å². The Morgan fingerprint density at radius 2 is 1.82 bits per heavy atom. The molecule has 1 fully saturated rings. The summed E-state index contributed by atoms with van der Waals surface area (Å²) < 4.78 is 2.56. The van der Waals surface area contributed by atoms with Gasteiger partial charge in [0.25, 0.3) is 5.91 Å². The number of thiocarbonyl (C=S) groups is 1. The molecule has 1 aliphatic rings. The van der Waals surface area contributed by atoms with E-state index in [-0.39, 0.29) is 5.91 Å². The molecule has 0 N–H and O–H groups in total. The topological polar surface area (TPSA) is 25.2 Å². The van der Waals surface area contributed by atoms with Crippen molar-refractivity contribution >= 4 is 46.0 Å². The van der Waals surface area contributed by atoms with Crippen LogP contribution in [0.4, 0.5) is 5.69 Å². The first-order valence-electron chi connectivity index (χ1n) is 6.94. The van der Waals surface area contributed by atoms with Crippen LogP contribution in [-0.2, 0) is 11.8 Å². The van der Waals surface area contributed by atoms with E-state index in [1.54, 1.807) is 4.90 Å². The number of nitrogens with zero attached hydrogens (tertiary/aromatic N) is 2. The van der Waals surface area contributed by atoms with Crippen LogP contribution in [0.1, 0.15) is 16.8 Å². The van der Waals surface area contributed by atoms with Crippen molar-refractivity contribution in [3.63, 3.8) is 0 Å². The lowest BCUT2D eigenvalue weighted by Crippen LogP contribution is -2.29. The second kappa shape index (κ2) is 5.74. The summed E-state index contributed by atoms with van der Waals surface area (Å²) in [5.41, 5.74) is 4.00. The summed E-state index contributed by atoms with van der Waals surface area (Å²) in [5, 5.41) is 0. The molecule has 0 unspecified atom stereocenters. The lowest BCUT2D eigenvalue weighted by atomic mass is 10.1. The number of benzene rings is 1. The minimum Gasteiger partial charge on any atom is -0.351 e. The Balaban J connectivity index is 2.03. The number of carbonyl (C=O) groups excluding carboxylic acids is 1. The highest BCUT2D eigenvalue weighted by Gasteiger charge is 2.34. The number of thioether (sulfide) groups is 1. The summed E-state index contributed by atoms with van der Waals surface area (Å²) in [6.07, 6.45) is 3.85. The molecule has 1 aromatic carbocycles. The highest BCUT2D eigenvalue weighted by molar-refractivity contribution is 8.27. The smallest absolute Gasteiger partial charge is 0.270 e. The van der Waals surface area contributed by atoms with Crippen LogP contribution in [0.5, 0.6) is 0 Å². The van der Waals surface area contributed by atoms with Crippen LogP contribution >= 0.6 is 24.0 Å². The van der Waals surface area contributed by atoms with E-state index in [9.17, 15) is 4.79 Å². The van der Waals surface area contributed by atoms with Gasteiger partial charge in [-0.2, -0.15) is 0 Å². The van der Waals surface area contributed by atoms with Crippen LogP contribution in [0.25, 0.3) is 6.08 Å². The second-order valence-electron chi connectivity index (χ2n) is 5.30. The van der Waals surface area contributed by atoms with Gasteiger partial charge in [0.05, 0.1) is 10.6 Å². The fraction of sp³-hybridized carbons (Fsp3) is 0.176. The Labute approximate surface area is 139 Å². The van der Waals surface area contributed by atoms with Crippen molar-refractivity contribution in [1.29, 1.82) is 0 Å². The van der Waals surface area contributed by atoms with Crippen molar-refractivity contribution in [3.05, 3.63) is 58.3 Å². The number of rotatable bonds is 2. The van der Waals surface area contributed by atoms with Gasteiger partial charge in [-0.25, -0.2) is 0 Å². The SMILES string of the molecule is Cc1cccc(C)c1N1C(=O)/C(=C\c2cccn2C)SC1=S. The zero-order chi connectivity index (χ0) is 15.9. The van der Waals surface area contributed by atoms with Gasteiger partial charge in [-0.15, -0.1) is 0 Å². The van der Waals surface area contributed by atoms with Crippen LogP contribution in [0.15, 0.2) is 41.4 Å². The third-order valence-corrected chi connectivity index (χ3v) is 5.02. The Hall–Kier alpha value is -1.85. The van der Waals surface area contributed by atoms with E-state index in [2.05, 4.69) is 0 Å². The van der Waals surface area contributed by atoms with Crippen molar-refractivity contribution in [2.24, 2.45) is 7.05 Å². The van der Waals surface area contributed by atoms with Gasteiger partial charge in [0.15, 0.2) is 4.32 Å². The van der Waals surface area contributed by atoms with Crippen LogP contribution in [0.2, 0.25) is 0 Å². The van der Waals surface area contributed by atoms with Crippen LogP contribution in [-0.4, -0.2) is 14.8 Å². The van der Waals surface area contributed by atoms with Gasteiger partial charge in [-0.1, -0.05) is 42.2 Å². The number of anilines is 1. The van der Waals surface area contributed by atoms with Crippen molar-refractivity contribution < 1.29 is 4.79 Å². The van der Waals surface area contributed by atoms with Crippen LogP contribution in [0, 0.1) is 13.8 Å². The van der Waals surface area contributed by atoms with E-state index in [1.165, 1.54) is 11.8 Å². The molecule has 22 heavy (non-hydrogen) atoms. The minimum absolute atomic E-state index is 0.0476. The molecule has 1 aliphatic heterocycles. The summed E-state index contributed by atoms with van der Waals surface area (Å²) >= 11 is 6.80. The Bertz CT molecular complexity index is 784. The number of carbonyl (C=O) groups is 1. The number of aromatic nitrogens is 1. The van der Waals surface area contributed by atoms with E-state index in [0.29, 0.717) is 9.23 Å². The first kappa shape index (κ1) is 15.1. The number of hydrogen-bond acceptors (Lipinski definition) is 3. The summed E-state index contributed by atoms with van der Waals surface area (Å²) in [6.45, 7) is 4.00. The van der Waals surface area contributed by atoms with Gasteiger partial charge >= 0.3 is 0 Å².